The predicted octanol–water partition coefficient (Wildman–Crippen LogP) is 0.485. The third-order valence-electron chi connectivity index (χ3n) is 3.70. The highest BCUT2D eigenvalue weighted by Gasteiger charge is 2.20. The van der Waals surface area contributed by atoms with Gasteiger partial charge in [0.05, 0.1) is 6.61 Å². The molecule has 21 heavy (non-hydrogen) atoms. The van der Waals surface area contributed by atoms with Gasteiger partial charge in [0.1, 0.15) is 0 Å². The van der Waals surface area contributed by atoms with E-state index in [-0.39, 0.29) is 11.9 Å². The number of hydrogen-bond acceptors (Lipinski definition) is 7. The zero-order valence-electron chi connectivity index (χ0n) is 12.7. The van der Waals surface area contributed by atoms with E-state index in [4.69, 9.17) is 16.7 Å². The van der Waals surface area contributed by atoms with Crippen molar-refractivity contribution in [3.8, 4) is 0 Å². The summed E-state index contributed by atoms with van der Waals surface area (Å²) in [7, 11) is 0. The average Bonchev–Trinajstić information content (AvgIpc) is 2.49. The molecule has 1 N–H and O–H groups in total. The third kappa shape index (κ3) is 4.15. The molecule has 1 fully saturated rings. The van der Waals surface area contributed by atoms with Crippen LogP contribution in [0.3, 0.4) is 0 Å². The van der Waals surface area contributed by atoms with Gasteiger partial charge in [0.25, 0.3) is 0 Å². The molecule has 1 aromatic heterocycles. The fraction of sp³-hybridized carbons (Fsp3) is 0.769. The van der Waals surface area contributed by atoms with Gasteiger partial charge in [-0.15, -0.1) is 0 Å². The SMILES string of the molecule is CCN(CC)c1nc(Cl)nc(N2CCN(CCO)CC2)n1. The molecule has 8 heteroatoms. The summed E-state index contributed by atoms with van der Waals surface area (Å²) in [6.45, 7) is 10.2. The molecule has 2 rings (SSSR count). The minimum absolute atomic E-state index is 0.198. The first-order valence-electron chi connectivity index (χ1n) is 7.42. The molecule has 0 spiro atoms. The van der Waals surface area contributed by atoms with E-state index in [0.717, 1.165) is 45.8 Å². The van der Waals surface area contributed by atoms with E-state index < -0.39 is 0 Å². The molecule has 1 aromatic rings. The van der Waals surface area contributed by atoms with Gasteiger partial charge in [0.2, 0.25) is 17.2 Å². The maximum absolute atomic E-state index is 8.98. The number of aliphatic hydroxyl groups is 1. The van der Waals surface area contributed by atoms with Crippen molar-refractivity contribution in [3.63, 3.8) is 0 Å². The second-order valence-corrected chi connectivity index (χ2v) is 5.27. The highest BCUT2D eigenvalue weighted by Crippen LogP contribution is 2.18. The number of aromatic nitrogens is 3. The number of piperazine rings is 1. The lowest BCUT2D eigenvalue weighted by molar-refractivity contribution is 0.188. The number of halogens is 1. The summed E-state index contributed by atoms with van der Waals surface area (Å²) in [5.74, 6) is 1.27. The van der Waals surface area contributed by atoms with Crippen molar-refractivity contribution < 1.29 is 5.11 Å². The Kier molecular flexibility index (Phi) is 5.96. The Balaban J connectivity index is 2.10. The highest BCUT2D eigenvalue weighted by atomic mass is 35.5. The monoisotopic (exact) mass is 314 g/mol. The maximum atomic E-state index is 8.98. The Hall–Kier alpha value is -1.18. The van der Waals surface area contributed by atoms with Crippen molar-refractivity contribution in [1.82, 2.24) is 19.9 Å². The first-order valence-corrected chi connectivity index (χ1v) is 7.80. The van der Waals surface area contributed by atoms with E-state index in [1.807, 2.05) is 0 Å². The molecular weight excluding hydrogens is 292 g/mol. The lowest BCUT2D eigenvalue weighted by atomic mass is 10.3. The van der Waals surface area contributed by atoms with Crippen molar-refractivity contribution in [2.24, 2.45) is 0 Å². The number of nitrogens with zero attached hydrogens (tertiary/aromatic N) is 6. The first kappa shape index (κ1) is 16.2. The molecule has 0 aromatic carbocycles. The smallest absolute Gasteiger partial charge is 0.231 e. The van der Waals surface area contributed by atoms with Crippen LogP contribution in [0, 0.1) is 0 Å². The Bertz CT molecular complexity index is 448. The quantitative estimate of drug-likeness (QED) is 0.819. The Labute approximate surface area is 130 Å². The zero-order chi connectivity index (χ0) is 15.2. The Morgan fingerprint density at radius 1 is 1.10 bits per heavy atom. The van der Waals surface area contributed by atoms with Gasteiger partial charge in [0.15, 0.2) is 0 Å². The van der Waals surface area contributed by atoms with Crippen LogP contribution in [0.2, 0.25) is 5.28 Å². The van der Waals surface area contributed by atoms with Crippen molar-refractivity contribution in [3.05, 3.63) is 5.28 Å². The number of anilines is 2. The molecule has 7 nitrogen and oxygen atoms in total. The highest BCUT2D eigenvalue weighted by molar-refractivity contribution is 6.28. The zero-order valence-corrected chi connectivity index (χ0v) is 13.4. The van der Waals surface area contributed by atoms with Crippen molar-refractivity contribution >= 4 is 23.5 Å². The van der Waals surface area contributed by atoms with E-state index in [1.165, 1.54) is 0 Å². The number of aliphatic hydroxyl groups excluding tert-OH is 1. The van der Waals surface area contributed by atoms with E-state index in [9.17, 15) is 0 Å². The van der Waals surface area contributed by atoms with Crippen LogP contribution >= 0.6 is 11.6 Å². The van der Waals surface area contributed by atoms with Gasteiger partial charge in [-0.3, -0.25) is 4.90 Å². The van der Waals surface area contributed by atoms with Crippen LogP contribution in [0.4, 0.5) is 11.9 Å². The molecular formula is C13H23ClN6O. The van der Waals surface area contributed by atoms with Gasteiger partial charge in [-0.05, 0) is 25.4 Å². The molecule has 0 radical (unpaired) electrons. The topological polar surface area (TPSA) is 68.6 Å². The van der Waals surface area contributed by atoms with E-state index >= 15 is 0 Å². The van der Waals surface area contributed by atoms with E-state index in [2.05, 4.69) is 43.5 Å². The first-order chi connectivity index (χ1) is 10.2. The van der Waals surface area contributed by atoms with Crippen molar-refractivity contribution in [1.29, 1.82) is 0 Å². The maximum Gasteiger partial charge on any atom is 0.231 e. The summed E-state index contributed by atoms with van der Waals surface area (Å²) in [5.41, 5.74) is 0. The van der Waals surface area contributed by atoms with Crippen LogP contribution in [-0.2, 0) is 0 Å². The van der Waals surface area contributed by atoms with Crippen LogP contribution < -0.4 is 9.80 Å². The molecule has 1 aliphatic rings. The number of β-amino-alcohol motifs (C(OH)–C–C–N with tert-alkyl or cyclic N) is 1. The molecule has 0 bridgehead atoms. The molecule has 1 aliphatic heterocycles. The van der Waals surface area contributed by atoms with Crippen LogP contribution in [-0.4, -0.2) is 77.4 Å². The molecule has 0 amide bonds. The number of rotatable bonds is 6. The number of hydrogen-bond donors (Lipinski definition) is 1. The van der Waals surface area contributed by atoms with E-state index in [1.54, 1.807) is 0 Å². The predicted molar refractivity (Wildman–Crippen MR) is 84.1 cm³/mol. The van der Waals surface area contributed by atoms with Gasteiger partial charge in [0, 0.05) is 45.8 Å². The van der Waals surface area contributed by atoms with Crippen LogP contribution in [0.5, 0.6) is 0 Å². The molecule has 2 heterocycles. The summed E-state index contributed by atoms with van der Waals surface area (Å²) < 4.78 is 0. The standard InChI is InChI=1S/C13H23ClN6O/c1-3-19(4-2)12-15-11(14)16-13(17-12)20-7-5-18(6-8-20)9-10-21/h21H,3-10H2,1-2H3. The molecule has 0 aliphatic carbocycles. The largest absolute Gasteiger partial charge is 0.395 e. The Morgan fingerprint density at radius 2 is 1.76 bits per heavy atom. The van der Waals surface area contributed by atoms with Gasteiger partial charge >= 0.3 is 0 Å². The second-order valence-electron chi connectivity index (χ2n) is 4.93. The fourth-order valence-corrected chi connectivity index (χ4v) is 2.58. The van der Waals surface area contributed by atoms with E-state index in [0.29, 0.717) is 11.9 Å². The minimum Gasteiger partial charge on any atom is -0.395 e. The second kappa shape index (κ2) is 7.72. The average molecular weight is 315 g/mol. The van der Waals surface area contributed by atoms with Crippen LogP contribution in [0.25, 0.3) is 0 Å². The molecule has 0 saturated carbocycles. The van der Waals surface area contributed by atoms with Gasteiger partial charge in [-0.25, -0.2) is 0 Å². The van der Waals surface area contributed by atoms with Gasteiger partial charge < -0.3 is 14.9 Å². The van der Waals surface area contributed by atoms with Gasteiger partial charge in [-0.2, -0.15) is 15.0 Å². The van der Waals surface area contributed by atoms with Crippen LogP contribution in [0.1, 0.15) is 13.8 Å². The summed E-state index contributed by atoms with van der Waals surface area (Å²) >= 11 is 6.05. The summed E-state index contributed by atoms with van der Waals surface area (Å²) in [6, 6.07) is 0. The van der Waals surface area contributed by atoms with Gasteiger partial charge in [-0.1, -0.05) is 0 Å². The summed E-state index contributed by atoms with van der Waals surface area (Å²) in [4.78, 5) is 19.4. The molecule has 0 atom stereocenters. The summed E-state index contributed by atoms with van der Waals surface area (Å²) in [6.07, 6.45) is 0. The van der Waals surface area contributed by atoms with Crippen LogP contribution in [0.15, 0.2) is 0 Å². The minimum atomic E-state index is 0.198. The fourth-order valence-electron chi connectivity index (χ4n) is 2.43. The molecule has 0 unspecified atom stereocenters. The summed E-state index contributed by atoms with van der Waals surface area (Å²) in [5, 5.41) is 9.21. The lowest BCUT2D eigenvalue weighted by Crippen LogP contribution is -2.47. The Morgan fingerprint density at radius 3 is 2.33 bits per heavy atom. The van der Waals surface area contributed by atoms with Crippen molar-refractivity contribution in [2.75, 3.05) is 62.2 Å². The molecule has 118 valence electrons. The molecule has 1 saturated heterocycles. The lowest BCUT2D eigenvalue weighted by Gasteiger charge is -2.34. The normalized spacial score (nSPS) is 16.3. The van der Waals surface area contributed by atoms with Crippen molar-refractivity contribution in [2.45, 2.75) is 13.8 Å². The third-order valence-corrected chi connectivity index (χ3v) is 3.87.